The van der Waals surface area contributed by atoms with Crippen LogP contribution in [0.4, 0.5) is 0 Å². The molecule has 0 N–H and O–H groups in total. The number of carbonyl (C=O) groups is 2. The van der Waals surface area contributed by atoms with E-state index < -0.39 is 0 Å². The maximum absolute atomic E-state index is 13.1. The molecule has 2 fully saturated rings. The van der Waals surface area contributed by atoms with E-state index in [1.807, 2.05) is 17.0 Å². The summed E-state index contributed by atoms with van der Waals surface area (Å²) in [6.45, 7) is 11.9. The number of rotatable bonds is 3. The van der Waals surface area contributed by atoms with Gasteiger partial charge in [0.25, 0.3) is 5.91 Å². The molecule has 0 saturated carbocycles. The first-order valence-corrected chi connectivity index (χ1v) is 13.3. The summed E-state index contributed by atoms with van der Waals surface area (Å²) in [5.41, 5.74) is 5.64. The maximum atomic E-state index is 13.1. The van der Waals surface area contributed by atoms with Gasteiger partial charge >= 0.3 is 0 Å². The first-order chi connectivity index (χ1) is 16.8. The molecule has 2 saturated heterocycles. The number of amides is 2. The van der Waals surface area contributed by atoms with E-state index in [0.717, 1.165) is 37.2 Å². The van der Waals surface area contributed by atoms with Crippen molar-refractivity contribution < 1.29 is 9.59 Å². The zero-order chi connectivity index (χ0) is 24.6. The van der Waals surface area contributed by atoms with Crippen LogP contribution < -0.4 is 0 Å². The minimum absolute atomic E-state index is 0.0783. The molecule has 0 aromatic heterocycles. The minimum Gasteiger partial charge on any atom is -0.340 e. The van der Waals surface area contributed by atoms with E-state index >= 15 is 0 Å². The summed E-state index contributed by atoms with van der Waals surface area (Å²) in [6, 6.07) is 15.0. The van der Waals surface area contributed by atoms with Gasteiger partial charge in [0.05, 0.1) is 6.42 Å². The van der Waals surface area contributed by atoms with Gasteiger partial charge in [-0.15, -0.1) is 0 Å². The largest absolute Gasteiger partial charge is 0.340 e. The monoisotopic (exact) mass is 473 g/mol. The predicted octanol–water partition coefficient (Wildman–Crippen LogP) is 4.42. The molecule has 5 rings (SSSR count). The van der Waals surface area contributed by atoms with Gasteiger partial charge in [0.2, 0.25) is 5.91 Å². The molecule has 0 spiro atoms. The van der Waals surface area contributed by atoms with E-state index in [1.165, 1.54) is 42.5 Å². The van der Waals surface area contributed by atoms with Crippen molar-refractivity contribution in [2.75, 3.05) is 32.7 Å². The van der Waals surface area contributed by atoms with Crippen LogP contribution in [0.5, 0.6) is 0 Å². The Balaban J connectivity index is 1.20. The molecule has 1 atom stereocenters. The van der Waals surface area contributed by atoms with E-state index in [-0.39, 0.29) is 17.2 Å². The van der Waals surface area contributed by atoms with Crippen LogP contribution in [0, 0.1) is 0 Å². The number of benzene rings is 2. The molecular formula is C30H39N3O2. The summed E-state index contributed by atoms with van der Waals surface area (Å²) in [6.07, 6.45) is 5.12. The van der Waals surface area contributed by atoms with Crippen LogP contribution in [0.15, 0.2) is 42.5 Å². The maximum Gasteiger partial charge on any atom is 0.254 e. The number of fused-ring (bicyclic) bond motifs is 2. The highest BCUT2D eigenvalue weighted by Gasteiger charge is 2.31. The molecular weight excluding hydrogens is 434 g/mol. The number of hydrogen-bond acceptors (Lipinski definition) is 3. The fourth-order valence-electron chi connectivity index (χ4n) is 5.85. The van der Waals surface area contributed by atoms with E-state index in [4.69, 9.17) is 0 Å². The van der Waals surface area contributed by atoms with Crippen LogP contribution in [-0.4, -0.2) is 65.3 Å². The lowest BCUT2D eigenvalue weighted by molar-refractivity contribution is -0.134. The van der Waals surface area contributed by atoms with Gasteiger partial charge in [-0.05, 0) is 65.6 Å². The first kappa shape index (κ1) is 24.1. The van der Waals surface area contributed by atoms with Crippen LogP contribution in [0.25, 0.3) is 0 Å². The Morgan fingerprint density at radius 2 is 1.69 bits per heavy atom. The average Bonchev–Trinajstić information content (AvgIpc) is 2.87. The van der Waals surface area contributed by atoms with Gasteiger partial charge < -0.3 is 9.80 Å². The molecule has 1 unspecified atom stereocenters. The van der Waals surface area contributed by atoms with Crippen LogP contribution in [0.1, 0.15) is 72.6 Å². The molecule has 2 aromatic carbocycles. The Labute approximate surface area is 210 Å². The molecule has 35 heavy (non-hydrogen) atoms. The van der Waals surface area contributed by atoms with Crippen LogP contribution >= 0.6 is 0 Å². The molecule has 3 aliphatic rings. The van der Waals surface area contributed by atoms with Crippen molar-refractivity contribution >= 4 is 11.8 Å². The second-order valence-corrected chi connectivity index (χ2v) is 11.6. The second kappa shape index (κ2) is 9.77. The summed E-state index contributed by atoms with van der Waals surface area (Å²) >= 11 is 0. The lowest BCUT2D eigenvalue weighted by Crippen LogP contribution is -2.56. The number of hydrogen-bond donors (Lipinski definition) is 0. The zero-order valence-corrected chi connectivity index (χ0v) is 21.6. The summed E-state index contributed by atoms with van der Waals surface area (Å²) in [5.74, 6) is 0.346. The van der Waals surface area contributed by atoms with Crippen molar-refractivity contribution in [3.05, 3.63) is 70.3 Å². The Kier molecular flexibility index (Phi) is 6.71. The molecule has 0 radical (unpaired) electrons. The van der Waals surface area contributed by atoms with Crippen molar-refractivity contribution in [3.63, 3.8) is 0 Å². The van der Waals surface area contributed by atoms with E-state index in [1.54, 1.807) is 0 Å². The van der Waals surface area contributed by atoms with Gasteiger partial charge in [0.1, 0.15) is 0 Å². The fraction of sp³-hybridized carbons (Fsp3) is 0.533. The van der Waals surface area contributed by atoms with Gasteiger partial charge in [-0.3, -0.25) is 14.5 Å². The van der Waals surface area contributed by atoms with E-state index in [2.05, 4.69) is 60.9 Å². The summed E-state index contributed by atoms with van der Waals surface area (Å²) < 4.78 is 0. The second-order valence-electron chi connectivity index (χ2n) is 11.6. The summed E-state index contributed by atoms with van der Waals surface area (Å²) in [7, 11) is 0. The molecule has 0 bridgehead atoms. The van der Waals surface area contributed by atoms with Gasteiger partial charge in [-0.2, -0.15) is 0 Å². The third kappa shape index (κ3) is 5.30. The highest BCUT2D eigenvalue weighted by atomic mass is 16.2. The van der Waals surface area contributed by atoms with Crippen LogP contribution in [0.3, 0.4) is 0 Å². The zero-order valence-electron chi connectivity index (χ0n) is 21.6. The van der Waals surface area contributed by atoms with Crippen LogP contribution in [-0.2, 0) is 29.6 Å². The molecule has 5 nitrogen and oxygen atoms in total. The quantitative estimate of drug-likeness (QED) is 0.663. The van der Waals surface area contributed by atoms with Crippen LogP contribution in [0.2, 0.25) is 0 Å². The van der Waals surface area contributed by atoms with Gasteiger partial charge in [-0.25, -0.2) is 0 Å². The summed E-state index contributed by atoms with van der Waals surface area (Å²) in [4.78, 5) is 32.8. The number of nitrogens with zero attached hydrogens (tertiary/aromatic N) is 3. The Bertz CT molecular complexity index is 1090. The van der Waals surface area contributed by atoms with Crippen molar-refractivity contribution in [1.82, 2.24) is 14.7 Å². The molecule has 2 aromatic rings. The normalized spacial score (nSPS) is 20.8. The van der Waals surface area contributed by atoms with Crippen molar-refractivity contribution in [2.45, 2.75) is 70.9 Å². The lowest BCUT2D eigenvalue weighted by Gasteiger charge is -2.44. The number of piperazine rings is 1. The lowest BCUT2D eigenvalue weighted by atomic mass is 9.86. The highest BCUT2D eigenvalue weighted by molar-refractivity contribution is 5.94. The third-order valence-electron chi connectivity index (χ3n) is 8.11. The SMILES string of the molecule is CC(C)(C)c1ccc(C(=O)N2CCc3cc(CC(=O)N4CCN5CCCCC5C4)ccc3C2)cc1. The molecule has 3 heterocycles. The minimum atomic E-state index is 0.0783. The topological polar surface area (TPSA) is 43.9 Å². The standard InChI is InChI=1S/C30H39N3O2/c1-30(2,3)26-11-9-23(10-12-26)29(35)33-15-13-24-18-22(7-8-25(24)20-33)19-28(34)32-17-16-31-14-5-4-6-27(31)21-32/h7-12,18,27H,4-6,13-17,19-21H2,1-3H3. The van der Waals surface area contributed by atoms with Crippen molar-refractivity contribution in [3.8, 4) is 0 Å². The smallest absolute Gasteiger partial charge is 0.254 e. The Morgan fingerprint density at radius 3 is 2.46 bits per heavy atom. The molecule has 3 aliphatic heterocycles. The number of carbonyl (C=O) groups excluding carboxylic acids is 2. The van der Waals surface area contributed by atoms with Crippen molar-refractivity contribution in [1.29, 1.82) is 0 Å². The van der Waals surface area contributed by atoms with Gasteiger partial charge in [0.15, 0.2) is 0 Å². The van der Waals surface area contributed by atoms with E-state index in [9.17, 15) is 9.59 Å². The number of piperidine rings is 1. The molecule has 0 aliphatic carbocycles. The third-order valence-corrected chi connectivity index (χ3v) is 8.11. The Morgan fingerprint density at radius 1 is 0.886 bits per heavy atom. The van der Waals surface area contributed by atoms with Gasteiger partial charge in [-0.1, -0.05) is 57.5 Å². The predicted molar refractivity (Wildman–Crippen MR) is 140 cm³/mol. The Hall–Kier alpha value is -2.66. The molecule has 186 valence electrons. The molecule has 2 amide bonds. The van der Waals surface area contributed by atoms with E-state index in [0.29, 0.717) is 25.6 Å². The van der Waals surface area contributed by atoms with Crippen molar-refractivity contribution in [2.24, 2.45) is 0 Å². The summed E-state index contributed by atoms with van der Waals surface area (Å²) in [5, 5.41) is 0. The molecule has 5 heteroatoms. The van der Waals surface area contributed by atoms with Gasteiger partial charge in [0, 0.05) is 44.3 Å². The average molecular weight is 474 g/mol. The first-order valence-electron chi connectivity index (χ1n) is 13.3. The highest BCUT2D eigenvalue weighted by Crippen LogP contribution is 2.26. The fourth-order valence-corrected chi connectivity index (χ4v) is 5.85.